The molecular formula is C21H19F3N2O5S. The Morgan fingerprint density at radius 2 is 1.75 bits per heavy atom. The summed E-state index contributed by atoms with van der Waals surface area (Å²) in [6.07, 6.45) is -3.00. The van der Waals surface area contributed by atoms with Crippen LogP contribution in [0.3, 0.4) is 0 Å². The number of hydrogen-bond acceptors (Lipinski definition) is 5. The van der Waals surface area contributed by atoms with Crippen molar-refractivity contribution in [2.45, 2.75) is 24.2 Å². The molecule has 1 heterocycles. The summed E-state index contributed by atoms with van der Waals surface area (Å²) in [5, 5.41) is 2.63. The van der Waals surface area contributed by atoms with E-state index in [9.17, 15) is 26.4 Å². The van der Waals surface area contributed by atoms with E-state index in [2.05, 4.69) is 14.8 Å². The minimum Gasteiger partial charge on any atom is -0.484 e. The summed E-state index contributed by atoms with van der Waals surface area (Å²) in [5.74, 6) is -0.0138. The van der Waals surface area contributed by atoms with Crippen LogP contribution in [0.5, 0.6) is 5.75 Å². The minimum absolute atomic E-state index is 0.0333. The highest BCUT2D eigenvalue weighted by atomic mass is 32.2. The number of hydrogen-bond donors (Lipinski definition) is 2. The number of benzene rings is 2. The van der Waals surface area contributed by atoms with Gasteiger partial charge in [-0.25, -0.2) is 13.1 Å². The molecule has 1 aromatic heterocycles. The molecule has 0 bridgehead atoms. The second-order valence-corrected chi connectivity index (χ2v) is 8.43. The quantitative estimate of drug-likeness (QED) is 0.500. The van der Waals surface area contributed by atoms with Gasteiger partial charge in [0.15, 0.2) is 6.61 Å². The third kappa shape index (κ3) is 6.86. The van der Waals surface area contributed by atoms with Crippen molar-refractivity contribution in [1.29, 1.82) is 0 Å². The first-order valence-corrected chi connectivity index (χ1v) is 10.8. The van der Waals surface area contributed by atoms with Crippen molar-refractivity contribution in [3.05, 3.63) is 83.8 Å². The van der Waals surface area contributed by atoms with Crippen molar-refractivity contribution < 1.29 is 35.5 Å². The Bertz CT molecular complexity index is 1140. The van der Waals surface area contributed by atoms with Gasteiger partial charge in [0.05, 0.1) is 17.7 Å². The summed E-state index contributed by atoms with van der Waals surface area (Å²) in [6, 6.07) is 14.6. The van der Waals surface area contributed by atoms with E-state index < -0.39 is 28.7 Å². The number of alkyl halides is 3. The molecule has 170 valence electrons. The monoisotopic (exact) mass is 468 g/mol. The second kappa shape index (κ2) is 9.88. The van der Waals surface area contributed by atoms with Crippen LogP contribution in [0, 0.1) is 0 Å². The number of carbonyl (C=O) groups is 1. The van der Waals surface area contributed by atoms with E-state index in [1.807, 2.05) is 0 Å². The Morgan fingerprint density at radius 1 is 1.00 bits per heavy atom. The SMILES string of the molecule is O=C(NCc1ccc(OCC(F)(F)F)cc1)c1cccc(S(=O)(=O)NCc2ccco2)c1. The number of sulfonamides is 1. The molecule has 0 fully saturated rings. The highest BCUT2D eigenvalue weighted by Gasteiger charge is 2.28. The van der Waals surface area contributed by atoms with Gasteiger partial charge in [0.1, 0.15) is 11.5 Å². The lowest BCUT2D eigenvalue weighted by Crippen LogP contribution is -2.25. The molecule has 1 amide bonds. The van der Waals surface area contributed by atoms with Crippen LogP contribution in [0.1, 0.15) is 21.7 Å². The van der Waals surface area contributed by atoms with Gasteiger partial charge in [0.25, 0.3) is 5.91 Å². The summed E-state index contributed by atoms with van der Waals surface area (Å²) >= 11 is 0. The predicted molar refractivity (Wildman–Crippen MR) is 108 cm³/mol. The van der Waals surface area contributed by atoms with Crippen LogP contribution in [0.2, 0.25) is 0 Å². The summed E-state index contributed by atoms with van der Waals surface area (Å²) < 4.78 is 73.6. The molecule has 0 atom stereocenters. The fourth-order valence-corrected chi connectivity index (χ4v) is 3.66. The molecule has 0 aliphatic carbocycles. The maximum atomic E-state index is 12.5. The van der Waals surface area contributed by atoms with Gasteiger partial charge in [-0.3, -0.25) is 4.79 Å². The van der Waals surface area contributed by atoms with E-state index in [0.29, 0.717) is 11.3 Å². The van der Waals surface area contributed by atoms with Gasteiger partial charge >= 0.3 is 6.18 Å². The van der Waals surface area contributed by atoms with Crippen molar-refractivity contribution in [3.8, 4) is 5.75 Å². The molecule has 2 N–H and O–H groups in total. The van der Waals surface area contributed by atoms with Crippen molar-refractivity contribution in [2.24, 2.45) is 0 Å². The summed E-state index contributed by atoms with van der Waals surface area (Å²) in [7, 11) is -3.86. The van der Waals surface area contributed by atoms with Gasteiger partial charge in [0, 0.05) is 12.1 Å². The first-order chi connectivity index (χ1) is 15.1. The number of amides is 1. The number of nitrogens with one attached hydrogen (secondary N) is 2. The van der Waals surface area contributed by atoms with Crippen LogP contribution in [0.25, 0.3) is 0 Å². The molecule has 0 spiro atoms. The van der Waals surface area contributed by atoms with Crippen molar-refractivity contribution in [3.63, 3.8) is 0 Å². The lowest BCUT2D eigenvalue weighted by atomic mass is 10.2. The van der Waals surface area contributed by atoms with Gasteiger partial charge in [-0.1, -0.05) is 18.2 Å². The molecule has 11 heteroatoms. The van der Waals surface area contributed by atoms with E-state index in [1.165, 1.54) is 54.8 Å². The van der Waals surface area contributed by atoms with Gasteiger partial charge < -0.3 is 14.5 Å². The molecule has 3 aromatic rings. The molecule has 7 nitrogen and oxygen atoms in total. The zero-order valence-electron chi connectivity index (χ0n) is 16.6. The van der Waals surface area contributed by atoms with Crippen LogP contribution < -0.4 is 14.8 Å². The van der Waals surface area contributed by atoms with Gasteiger partial charge in [-0.15, -0.1) is 0 Å². The summed E-state index contributed by atoms with van der Waals surface area (Å²) in [4.78, 5) is 12.3. The highest BCUT2D eigenvalue weighted by Crippen LogP contribution is 2.19. The number of rotatable bonds is 9. The van der Waals surface area contributed by atoms with Crippen LogP contribution in [0.4, 0.5) is 13.2 Å². The third-order valence-corrected chi connectivity index (χ3v) is 5.60. The number of ether oxygens (including phenoxy) is 1. The fraction of sp³-hybridized carbons (Fsp3) is 0.190. The zero-order valence-corrected chi connectivity index (χ0v) is 17.4. The average molecular weight is 468 g/mol. The summed E-state index contributed by atoms with van der Waals surface area (Å²) in [5.41, 5.74) is 0.762. The van der Waals surface area contributed by atoms with E-state index in [4.69, 9.17) is 4.42 Å². The number of carbonyl (C=O) groups excluding carboxylic acids is 1. The molecular weight excluding hydrogens is 449 g/mol. The van der Waals surface area contributed by atoms with Crippen LogP contribution in [-0.4, -0.2) is 27.1 Å². The van der Waals surface area contributed by atoms with E-state index in [0.717, 1.165) is 0 Å². The topological polar surface area (TPSA) is 97.6 Å². The first-order valence-electron chi connectivity index (χ1n) is 9.31. The molecule has 0 saturated carbocycles. The lowest BCUT2D eigenvalue weighted by Gasteiger charge is -2.10. The minimum atomic E-state index is -4.43. The Morgan fingerprint density at radius 3 is 2.41 bits per heavy atom. The number of furan rings is 1. The fourth-order valence-electron chi connectivity index (χ4n) is 2.62. The standard InChI is InChI=1S/C21H19F3N2O5S/c22-21(23,24)14-31-17-8-6-15(7-9-17)12-25-20(27)16-3-1-5-19(11-16)32(28,29)26-13-18-4-2-10-30-18/h1-11,26H,12-14H2,(H,25,27). The highest BCUT2D eigenvalue weighted by molar-refractivity contribution is 7.89. The molecule has 2 aromatic carbocycles. The van der Waals surface area contributed by atoms with Crippen molar-refractivity contribution >= 4 is 15.9 Å². The van der Waals surface area contributed by atoms with Crippen LogP contribution >= 0.6 is 0 Å². The lowest BCUT2D eigenvalue weighted by molar-refractivity contribution is -0.153. The Hall–Kier alpha value is -3.31. The molecule has 0 saturated heterocycles. The van der Waals surface area contributed by atoms with Crippen LogP contribution in [0.15, 0.2) is 76.2 Å². The zero-order chi connectivity index (χ0) is 23.2. The van der Waals surface area contributed by atoms with Crippen LogP contribution in [-0.2, 0) is 23.1 Å². The Kier molecular flexibility index (Phi) is 7.21. The maximum Gasteiger partial charge on any atom is 0.422 e. The number of halogens is 3. The first kappa shape index (κ1) is 23.4. The average Bonchev–Trinajstić information content (AvgIpc) is 3.29. The molecule has 0 unspecified atom stereocenters. The van der Waals surface area contributed by atoms with Gasteiger partial charge in [-0.2, -0.15) is 13.2 Å². The van der Waals surface area contributed by atoms with E-state index in [1.54, 1.807) is 12.1 Å². The predicted octanol–water partition coefficient (Wildman–Crippen LogP) is 3.63. The smallest absolute Gasteiger partial charge is 0.422 e. The largest absolute Gasteiger partial charge is 0.484 e. The molecule has 3 rings (SSSR count). The summed E-state index contributed by atoms with van der Waals surface area (Å²) in [6.45, 7) is -1.33. The van der Waals surface area contributed by atoms with E-state index >= 15 is 0 Å². The molecule has 0 aliphatic rings. The Labute approximate surface area is 182 Å². The van der Waals surface area contributed by atoms with Crippen molar-refractivity contribution in [2.75, 3.05) is 6.61 Å². The second-order valence-electron chi connectivity index (χ2n) is 6.66. The molecule has 32 heavy (non-hydrogen) atoms. The van der Waals surface area contributed by atoms with Gasteiger partial charge in [-0.05, 0) is 48.0 Å². The normalized spacial score (nSPS) is 11.8. The van der Waals surface area contributed by atoms with Crippen molar-refractivity contribution in [1.82, 2.24) is 10.0 Å². The Balaban J connectivity index is 1.57. The maximum absolute atomic E-state index is 12.5. The van der Waals surface area contributed by atoms with Gasteiger partial charge in [0.2, 0.25) is 10.0 Å². The van der Waals surface area contributed by atoms with E-state index in [-0.39, 0.29) is 29.3 Å². The third-order valence-electron chi connectivity index (χ3n) is 4.20. The molecule has 0 radical (unpaired) electrons. The molecule has 0 aliphatic heterocycles.